The van der Waals surface area contributed by atoms with Crippen molar-refractivity contribution < 1.29 is 8.42 Å². The molecule has 0 unspecified atom stereocenters. The van der Waals surface area contributed by atoms with Gasteiger partial charge in [0.1, 0.15) is 4.90 Å². The maximum atomic E-state index is 12.5. The highest BCUT2D eigenvalue weighted by molar-refractivity contribution is 7.89. The Kier molecular flexibility index (Phi) is 3.54. The number of aromatic nitrogens is 2. The Hall–Kier alpha value is -1.21. The SMILES string of the molecule is CC(C)CN(C1CC1)S(=O)(=O)c1cnc(N)nc1. The van der Waals surface area contributed by atoms with Gasteiger partial charge < -0.3 is 5.73 Å². The molecule has 1 aromatic heterocycles. The first-order valence-corrected chi connectivity index (χ1v) is 7.44. The third kappa shape index (κ3) is 2.78. The van der Waals surface area contributed by atoms with Crippen molar-refractivity contribution in [2.45, 2.75) is 37.6 Å². The molecule has 0 spiro atoms. The first-order chi connectivity index (χ1) is 8.41. The molecular weight excluding hydrogens is 252 g/mol. The summed E-state index contributed by atoms with van der Waals surface area (Å²) in [6.45, 7) is 4.53. The predicted molar refractivity (Wildman–Crippen MR) is 68.2 cm³/mol. The Morgan fingerprint density at radius 1 is 1.39 bits per heavy atom. The van der Waals surface area contributed by atoms with Crippen molar-refractivity contribution in [3.63, 3.8) is 0 Å². The summed E-state index contributed by atoms with van der Waals surface area (Å²) < 4.78 is 26.5. The van der Waals surface area contributed by atoms with Gasteiger partial charge in [-0.05, 0) is 18.8 Å². The predicted octanol–water partition coefficient (Wildman–Crippen LogP) is 0.868. The number of hydrogen-bond acceptors (Lipinski definition) is 5. The lowest BCUT2D eigenvalue weighted by Crippen LogP contribution is -2.36. The second-order valence-corrected chi connectivity index (χ2v) is 6.87. The second kappa shape index (κ2) is 4.81. The van der Waals surface area contributed by atoms with E-state index < -0.39 is 10.0 Å². The van der Waals surface area contributed by atoms with Crippen LogP contribution in [0.1, 0.15) is 26.7 Å². The van der Waals surface area contributed by atoms with Gasteiger partial charge >= 0.3 is 0 Å². The quantitative estimate of drug-likeness (QED) is 0.857. The summed E-state index contributed by atoms with van der Waals surface area (Å²) in [7, 11) is -3.50. The number of nitrogens with zero attached hydrogens (tertiary/aromatic N) is 3. The minimum absolute atomic E-state index is 0.0794. The van der Waals surface area contributed by atoms with Crippen molar-refractivity contribution in [2.24, 2.45) is 5.92 Å². The molecule has 1 aromatic rings. The monoisotopic (exact) mass is 270 g/mol. The average molecular weight is 270 g/mol. The molecule has 0 aliphatic heterocycles. The fourth-order valence-electron chi connectivity index (χ4n) is 1.76. The van der Waals surface area contributed by atoms with E-state index in [4.69, 9.17) is 5.73 Å². The smallest absolute Gasteiger partial charge is 0.246 e. The van der Waals surface area contributed by atoms with E-state index in [9.17, 15) is 8.42 Å². The van der Waals surface area contributed by atoms with Crippen molar-refractivity contribution in [1.29, 1.82) is 0 Å². The van der Waals surface area contributed by atoms with Crippen LogP contribution in [0.5, 0.6) is 0 Å². The molecule has 1 aliphatic rings. The van der Waals surface area contributed by atoms with Crippen LogP contribution in [-0.2, 0) is 10.0 Å². The first-order valence-electron chi connectivity index (χ1n) is 6.00. The third-order valence-electron chi connectivity index (χ3n) is 2.75. The summed E-state index contributed by atoms with van der Waals surface area (Å²) in [5.74, 6) is 0.367. The maximum Gasteiger partial charge on any atom is 0.246 e. The van der Waals surface area contributed by atoms with Crippen LogP contribution in [0, 0.1) is 5.92 Å². The van der Waals surface area contributed by atoms with Crippen molar-refractivity contribution in [3.8, 4) is 0 Å². The molecule has 2 N–H and O–H groups in total. The van der Waals surface area contributed by atoms with Crippen LogP contribution in [0.25, 0.3) is 0 Å². The van der Waals surface area contributed by atoms with Gasteiger partial charge in [0.25, 0.3) is 0 Å². The molecule has 0 atom stereocenters. The molecule has 0 saturated heterocycles. The molecule has 0 radical (unpaired) electrons. The number of nitrogens with two attached hydrogens (primary N) is 1. The van der Waals surface area contributed by atoms with Gasteiger partial charge in [-0.1, -0.05) is 13.8 Å². The molecule has 6 nitrogen and oxygen atoms in total. The molecule has 18 heavy (non-hydrogen) atoms. The van der Waals surface area contributed by atoms with E-state index in [0.29, 0.717) is 6.54 Å². The van der Waals surface area contributed by atoms with E-state index in [2.05, 4.69) is 9.97 Å². The molecule has 1 fully saturated rings. The average Bonchev–Trinajstić information content (AvgIpc) is 3.10. The number of hydrogen-bond donors (Lipinski definition) is 1. The normalized spacial score (nSPS) is 16.4. The van der Waals surface area contributed by atoms with Crippen LogP contribution in [-0.4, -0.2) is 35.3 Å². The zero-order valence-electron chi connectivity index (χ0n) is 10.6. The van der Waals surface area contributed by atoms with Crippen LogP contribution in [0.3, 0.4) is 0 Å². The van der Waals surface area contributed by atoms with E-state index in [1.807, 2.05) is 13.8 Å². The highest BCUT2D eigenvalue weighted by atomic mass is 32.2. The summed E-state index contributed by atoms with van der Waals surface area (Å²) in [5.41, 5.74) is 5.37. The van der Waals surface area contributed by atoms with E-state index in [1.165, 1.54) is 12.4 Å². The molecule has 0 amide bonds. The number of rotatable bonds is 5. The van der Waals surface area contributed by atoms with Gasteiger partial charge in [0.15, 0.2) is 0 Å². The topological polar surface area (TPSA) is 89.2 Å². The zero-order chi connectivity index (χ0) is 13.3. The van der Waals surface area contributed by atoms with Crippen molar-refractivity contribution in [2.75, 3.05) is 12.3 Å². The number of sulfonamides is 1. The zero-order valence-corrected chi connectivity index (χ0v) is 11.4. The summed E-state index contributed by atoms with van der Waals surface area (Å²) in [4.78, 5) is 7.61. The Balaban J connectivity index is 2.29. The Bertz CT molecular complexity index is 508. The van der Waals surface area contributed by atoms with Crippen LogP contribution in [0.2, 0.25) is 0 Å². The fraction of sp³-hybridized carbons (Fsp3) is 0.636. The maximum absolute atomic E-state index is 12.5. The van der Waals surface area contributed by atoms with E-state index in [0.717, 1.165) is 12.8 Å². The van der Waals surface area contributed by atoms with Gasteiger partial charge in [0, 0.05) is 12.6 Å². The lowest BCUT2D eigenvalue weighted by molar-refractivity contribution is 0.360. The Morgan fingerprint density at radius 3 is 2.39 bits per heavy atom. The van der Waals surface area contributed by atoms with Gasteiger partial charge in [-0.15, -0.1) is 0 Å². The number of nitrogen functional groups attached to an aromatic ring is 1. The highest BCUT2D eigenvalue weighted by Gasteiger charge is 2.38. The number of anilines is 1. The van der Waals surface area contributed by atoms with Crippen molar-refractivity contribution in [1.82, 2.24) is 14.3 Å². The summed E-state index contributed by atoms with van der Waals surface area (Å²) in [6, 6.07) is 0.134. The first kappa shape index (κ1) is 13.2. The molecule has 2 rings (SSSR count). The van der Waals surface area contributed by atoms with E-state index in [1.54, 1.807) is 4.31 Å². The van der Waals surface area contributed by atoms with Crippen LogP contribution in [0.4, 0.5) is 5.95 Å². The van der Waals surface area contributed by atoms with Gasteiger partial charge in [-0.2, -0.15) is 4.31 Å². The molecule has 0 aromatic carbocycles. The molecule has 0 bridgehead atoms. The van der Waals surface area contributed by atoms with Crippen LogP contribution >= 0.6 is 0 Å². The largest absolute Gasteiger partial charge is 0.368 e. The standard InChI is InChI=1S/C11H18N4O2S/c1-8(2)7-15(9-3-4-9)18(16,17)10-5-13-11(12)14-6-10/h5-6,8-9H,3-4,7H2,1-2H3,(H2,12,13,14). The Labute approximate surface area is 107 Å². The third-order valence-corrected chi connectivity index (χ3v) is 4.63. The molecule has 100 valence electrons. The molecule has 1 aliphatic carbocycles. The summed E-state index contributed by atoms with van der Waals surface area (Å²) in [5, 5.41) is 0. The lowest BCUT2D eigenvalue weighted by atomic mass is 10.2. The molecule has 7 heteroatoms. The van der Waals surface area contributed by atoms with E-state index >= 15 is 0 Å². The summed E-state index contributed by atoms with van der Waals surface area (Å²) in [6.07, 6.45) is 4.41. The lowest BCUT2D eigenvalue weighted by Gasteiger charge is -2.23. The highest BCUT2D eigenvalue weighted by Crippen LogP contribution is 2.32. The van der Waals surface area contributed by atoms with Gasteiger partial charge in [0.05, 0.1) is 12.4 Å². The molecule has 1 saturated carbocycles. The fourth-order valence-corrected chi connectivity index (χ4v) is 3.50. The van der Waals surface area contributed by atoms with E-state index in [-0.39, 0.29) is 22.8 Å². The summed E-state index contributed by atoms with van der Waals surface area (Å²) >= 11 is 0. The minimum atomic E-state index is -3.50. The van der Waals surface area contributed by atoms with Crippen molar-refractivity contribution >= 4 is 16.0 Å². The van der Waals surface area contributed by atoms with Crippen LogP contribution < -0.4 is 5.73 Å². The minimum Gasteiger partial charge on any atom is -0.368 e. The van der Waals surface area contributed by atoms with Gasteiger partial charge in [-0.3, -0.25) is 0 Å². The van der Waals surface area contributed by atoms with Gasteiger partial charge in [-0.25, -0.2) is 18.4 Å². The van der Waals surface area contributed by atoms with Gasteiger partial charge in [0.2, 0.25) is 16.0 Å². The Morgan fingerprint density at radius 2 is 1.94 bits per heavy atom. The second-order valence-electron chi connectivity index (χ2n) is 4.98. The van der Waals surface area contributed by atoms with Crippen LogP contribution in [0.15, 0.2) is 17.3 Å². The molecule has 1 heterocycles. The molecular formula is C11H18N4O2S. The van der Waals surface area contributed by atoms with Crippen molar-refractivity contribution in [3.05, 3.63) is 12.4 Å².